The standard InChI is InChI=1S/C7H5F4N3/c8-2-1-3(9)5(11)6(4(2)10)14-7(12)13/h1H,(H4,12,13,14). The summed E-state index contributed by atoms with van der Waals surface area (Å²) in [7, 11) is 0. The van der Waals surface area contributed by atoms with E-state index in [0.717, 1.165) is 0 Å². The fourth-order valence-electron chi connectivity index (χ4n) is 0.788. The van der Waals surface area contributed by atoms with Crippen LogP contribution in [-0.2, 0) is 0 Å². The Hall–Kier alpha value is -1.79. The average Bonchev–Trinajstić information content (AvgIpc) is 2.09. The smallest absolute Gasteiger partial charge is 0.191 e. The fraction of sp³-hybridized carbons (Fsp3) is 0. The molecule has 0 amide bonds. The number of nitrogens with two attached hydrogens (primary N) is 2. The van der Waals surface area contributed by atoms with Crippen molar-refractivity contribution in [2.45, 2.75) is 0 Å². The average molecular weight is 207 g/mol. The molecule has 3 nitrogen and oxygen atoms in total. The summed E-state index contributed by atoms with van der Waals surface area (Å²) in [4.78, 5) is 2.92. The maximum Gasteiger partial charge on any atom is 0.191 e. The molecule has 0 unspecified atom stereocenters. The molecule has 7 heteroatoms. The van der Waals surface area contributed by atoms with E-state index in [-0.39, 0.29) is 6.07 Å². The first-order valence-corrected chi connectivity index (χ1v) is 3.36. The molecule has 0 aliphatic carbocycles. The molecular formula is C7H5F4N3. The first kappa shape index (κ1) is 10.3. The Kier molecular flexibility index (Phi) is 2.59. The SMILES string of the molecule is NC(N)=Nc1c(F)c(F)cc(F)c1F. The number of hydrogen-bond acceptors (Lipinski definition) is 1. The van der Waals surface area contributed by atoms with E-state index in [1.54, 1.807) is 0 Å². The zero-order valence-corrected chi connectivity index (χ0v) is 6.69. The van der Waals surface area contributed by atoms with Crippen molar-refractivity contribution in [3.63, 3.8) is 0 Å². The van der Waals surface area contributed by atoms with Gasteiger partial charge < -0.3 is 11.5 Å². The van der Waals surface area contributed by atoms with E-state index in [1.165, 1.54) is 0 Å². The molecule has 1 aromatic carbocycles. The highest BCUT2D eigenvalue weighted by molar-refractivity contribution is 5.79. The predicted molar refractivity (Wildman–Crippen MR) is 41.7 cm³/mol. The molecule has 0 aliphatic heterocycles. The number of nitrogens with zero attached hydrogens (tertiary/aromatic N) is 1. The lowest BCUT2D eigenvalue weighted by Crippen LogP contribution is -2.22. The van der Waals surface area contributed by atoms with Gasteiger partial charge in [0.1, 0.15) is 5.69 Å². The van der Waals surface area contributed by atoms with Crippen molar-refractivity contribution in [2.75, 3.05) is 0 Å². The molecule has 0 bridgehead atoms. The number of halogens is 4. The van der Waals surface area contributed by atoms with E-state index in [9.17, 15) is 17.6 Å². The Labute approximate surface area is 76.0 Å². The van der Waals surface area contributed by atoms with Crippen LogP contribution < -0.4 is 11.5 Å². The number of aliphatic imine (C=N–C) groups is 1. The minimum Gasteiger partial charge on any atom is -0.370 e. The molecule has 0 saturated carbocycles. The summed E-state index contributed by atoms with van der Waals surface area (Å²) >= 11 is 0. The van der Waals surface area contributed by atoms with E-state index in [1.807, 2.05) is 0 Å². The van der Waals surface area contributed by atoms with Gasteiger partial charge in [0.2, 0.25) is 0 Å². The van der Waals surface area contributed by atoms with Gasteiger partial charge in [0.15, 0.2) is 29.2 Å². The second kappa shape index (κ2) is 3.52. The molecule has 4 N–H and O–H groups in total. The second-order valence-electron chi connectivity index (χ2n) is 2.35. The van der Waals surface area contributed by atoms with Crippen LogP contribution in [0.15, 0.2) is 11.1 Å². The molecule has 0 aromatic heterocycles. The number of rotatable bonds is 1. The largest absolute Gasteiger partial charge is 0.370 e. The highest BCUT2D eigenvalue weighted by Gasteiger charge is 2.18. The highest BCUT2D eigenvalue weighted by atomic mass is 19.2. The molecule has 1 rings (SSSR count). The van der Waals surface area contributed by atoms with Crippen LogP contribution in [-0.4, -0.2) is 5.96 Å². The monoisotopic (exact) mass is 207 g/mol. The third kappa shape index (κ3) is 1.76. The summed E-state index contributed by atoms with van der Waals surface area (Å²) in [5.74, 6) is -7.12. The van der Waals surface area contributed by atoms with Crippen LogP contribution in [0, 0.1) is 23.3 Å². The molecule has 0 atom stereocenters. The summed E-state index contributed by atoms with van der Waals surface area (Å²) in [5.41, 5.74) is 8.45. The first-order valence-electron chi connectivity index (χ1n) is 3.36. The normalized spacial score (nSPS) is 10.0. The quantitative estimate of drug-likeness (QED) is 0.314. The van der Waals surface area contributed by atoms with E-state index in [2.05, 4.69) is 4.99 Å². The maximum atomic E-state index is 12.8. The summed E-state index contributed by atoms with van der Waals surface area (Å²) in [5, 5.41) is 0. The third-order valence-electron chi connectivity index (χ3n) is 1.33. The van der Waals surface area contributed by atoms with Gasteiger partial charge in [-0.1, -0.05) is 0 Å². The Bertz CT molecular complexity index is 372. The molecule has 14 heavy (non-hydrogen) atoms. The summed E-state index contributed by atoms with van der Waals surface area (Å²) < 4.78 is 50.7. The first-order chi connectivity index (χ1) is 6.43. The Balaban J connectivity index is 3.47. The Morgan fingerprint density at radius 2 is 1.43 bits per heavy atom. The zero-order chi connectivity index (χ0) is 10.9. The van der Waals surface area contributed by atoms with Crippen LogP contribution in [0.4, 0.5) is 23.2 Å². The van der Waals surface area contributed by atoms with Crippen LogP contribution in [0.3, 0.4) is 0 Å². The van der Waals surface area contributed by atoms with Gasteiger partial charge in [-0.25, -0.2) is 22.6 Å². The number of benzene rings is 1. The van der Waals surface area contributed by atoms with Gasteiger partial charge in [0.05, 0.1) is 0 Å². The molecule has 76 valence electrons. The minimum absolute atomic E-state index is 0.0659. The number of guanidine groups is 1. The lowest BCUT2D eigenvalue weighted by Gasteiger charge is -2.01. The second-order valence-corrected chi connectivity index (χ2v) is 2.35. The van der Waals surface area contributed by atoms with Crippen molar-refractivity contribution in [1.29, 1.82) is 0 Å². The van der Waals surface area contributed by atoms with E-state index < -0.39 is 34.9 Å². The summed E-state index contributed by atoms with van der Waals surface area (Å²) in [6.45, 7) is 0. The van der Waals surface area contributed by atoms with E-state index in [0.29, 0.717) is 0 Å². The molecule has 0 spiro atoms. The molecule has 0 aliphatic rings. The van der Waals surface area contributed by atoms with Crippen molar-refractivity contribution in [1.82, 2.24) is 0 Å². The molecular weight excluding hydrogens is 202 g/mol. The van der Waals surface area contributed by atoms with Crippen LogP contribution >= 0.6 is 0 Å². The minimum atomic E-state index is -1.64. The van der Waals surface area contributed by atoms with Crippen LogP contribution in [0.2, 0.25) is 0 Å². The fourth-order valence-corrected chi connectivity index (χ4v) is 0.788. The van der Waals surface area contributed by atoms with Gasteiger partial charge >= 0.3 is 0 Å². The van der Waals surface area contributed by atoms with Crippen LogP contribution in [0.5, 0.6) is 0 Å². The Morgan fingerprint density at radius 1 is 1.00 bits per heavy atom. The molecule has 0 saturated heterocycles. The van der Waals surface area contributed by atoms with Crippen molar-refractivity contribution in [3.8, 4) is 0 Å². The van der Waals surface area contributed by atoms with E-state index >= 15 is 0 Å². The predicted octanol–water partition coefficient (Wildman–Crippen LogP) is 1.15. The molecule has 0 heterocycles. The van der Waals surface area contributed by atoms with Gasteiger partial charge in [-0.3, -0.25) is 0 Å². The lowest BCUT2D eigenvalue weighted by molar-refractivity contribution is 0.457. The molecule has 0 radical (unpaired) electrons. The summed E-state index contributed by atoms with van der Waals surface area (Å²) in [6, 6.07) is 0.0659. The van der Waals surface area contributed by atoms with Gasteiger partial charge in [-0.2, -0.15) is 0 Å². The molecule has 1 aromatic rings. The van der Waals surface area contributed by atoms with Crippen molar-refractivity contribution in [3.05, 3.63) is 29.3 Å². The lowest BCUT2D eigenvalue weighted by atomic mass is 10.2. The topological polar surface area (TPSA) is 64.4 Å². The van der Waals surface area contributed by atoms with Crippen LogP contribution in [0.1, 0.15) is 0 Å². The van der Waals surface area contributed by atoms with Gasteiger partial charge in [-0.05, 0) is 0 Å². The highest BCUT2D eigenvalue weighted by Crippen LogP contribution is 2.26. The molecule has 0 fully saturated rings. The van der Waals surface area contributed by atoms with Crippen LogP contribution in [0.25, 0.3) is 0 Å². The van der Waals surface area contributed by atoms with Crippen molar-refractivity contribution < 1.29 is 17.6 Å². The zero-order valence-electron chi connectivity index (χ0n) is 6.69. The van der Waals surface area contributed by atoms with Crippen molar-refractivity contribution in [2.24, 2.45) is 16.5 Å². The summed E-state index contributed by atoms with van der Waals surface area (Å²) in [6.07, 6.45) is 0. The Morgan fingerprint density at radius 3 is 1.79 bits per heavy atom. The van der Waals surface area contributed by atoms with Crippen molar-refractivity contribution >= 4 is 11.6 Å². The van der Waals surface area contributed by atoms with Gasteiger partial charge in [-0.15, -0.1) is 0 Å². The number of hydrogen-bond donors (Lipinski definition) is 2. The van der Waals surface area contributed by atoms with E-state index in [4.69, 9.17) is 11.5 Å². The van der Waals surface area contributed by atoms with Gasteiger partial charge in [0, 0.05) is 6.07 Å². The van der Waals surface area contributed by atoms with Gasteiger partial charge in [0.25, 0.3) is 0 Å². The maximum absolute atomic E-state index is 12.8. The third-order valence-corrected chi connectivity index (χ3v) is 1.33.